The summed E-state index contributed by atoms with van der Waals surface area (Å²) in [7, 11) is 2.79. The molecule has 0 bridgehead atoms. The molecule has 2 aliphatic rings. The van der Waals surface area contributed by atoms with E-state index in [2.05, 4.69) is 0 Å². The summed E-state index contributed by atoms with van der Waals surface area (Å²) in [5, 5.41) is 11.7. The molecule has 0 saturated carbocycles. The molecule has 2 heterocycles. The molecule has 0 aliphatic carbocycles. The second-order valence-corrected chi connectivity index (χ2v) is 8.23. The third kappa shape index (κ3) is 3.08. The Morgan fingerprint density at radius 1 is 1.25 bits per heavy atom. The lowest BCUT2D eigenvalue weighted by molar-refractivity contribution is -0.385. The number of nitrogens with zero attached hydrogens (tertiary/aromatic N) is 3. The number of carbonyl (C=O) groups excluding carboxylic acids is 2. The third-order valence-corrected chi connectivity index (χ3v) is 5.87. The predicted molar refractivity (Wildman–Crippen MR) is 116 cm³/mol. The summed E-state index contributed by atoms with van der Waals surface area (Å²) in [6.07, 6.45) is -0.648. The van der Waals surface area contributed by atoms with Gasteiger partial charge in [-0.25, -0.2) is 4.79 Å². The summed E-state index contributed by atoms with van der Waals surface area (Å²) in [6.45, 7) is 5.42. The molecule has 0 aromatic heterocycles. The molecule has 9 heteroatoms. The lowest BCUT2D eigenvalue weighted by atomic mass is 9.90. The van der Waals surface area contributed by atoms with Crippen LogP contribution in [0, 0.1) is 17.0 Å². The summed E-state index contributed by atoms with van der Waals surface area (Å²) < 4.78 is 11.1. The normalized spacial score (nSPS) is 16.3. The van der Waals surface area contributed by atoms with Crippen LogP contribution >= 0.6 is 0 Å². The standard InChI is InChI=1S/C23H23N3O6/c1-13-16(26(29)30)10-11-17-18(13)19(20(23(2,3)32-17)24(4)22(28)31-5)25-12-14-8-6-7-9-15(14)21(25)27/h6-11H,12H2,1-5H3. The van der Waals surface area contributed by atoms with Crippen LogP contribution in [-0.2, 0) is 11.3 Å². The van der Waals surface area contributed by atoms with E-state index in [9.17, 15) is 19.7 Å². The number of hydrogen-bond donors (Lipinski definition) is 0. The Morgan fingerprint density at radius 3 is 2.56 bits per heavy atom. The van der Waals surface area contributed by atoms with Gasteiger partial charge in [0.15, 0.2) is 0 Å². The molecule has 4 rings (SSSR count). The molecule has 0 radical (unpaired) electrons. The molecule has 0 N–H and O–H groups in total. The van der Waals surface area contributed by atoms with Gasteiger partial charge in [0.2, 0.25) is 0 Å². The van der Waals surface area contributed by atoms with Crippen LogP contribution in [0.15, 0.2) is 42.1 Å². The van der Waals surface area contributed by atoms with E-state index in [-0.39, 0.29) is 18.1 Å². The minimum Gasteiger partial charge on any atom is -0.481 e. The molecule has 0 spiro atoms. The number of amides is 2. The number of nitro benzene ring substituents is 1. The fraction of sp³-hybridized carbons (Fsp3) is 0.304. The second-order valence-electron chi connectivity index (χ2n) is 8.23. The highest BCUT2D eigenvalue weighted by molar-refractivity contribution is 6.05. The summed E-state index contributed by atoms with van der Waals surface area (Å²) >= 11 is 0. The average Bonchev–Trinajstić information content (AvgIpc) is 3.07. The number of methoxy groups -OCH3 is 1. The highest BCUT2D eigenvalue weighted by atomic mass is 16.6. The largest absolute Gasteiger partial charge is 0.481 e. The average molecular weight is 437 g/mol. The van der Waals surface area contributed by atoms with E-state index in [1.165, 1.54) is 31.2 Å². The molecular formula is C23H23N3O6. The van der Waals surface area contributed by atoms with Gasteiger partial charge in [-0.1, -0.05) is 18.2 Å². The van der Waals surface area contributed by atoms with E-state index < -0.39 is 16.6 Å². The van der Waals surface area contributed by atoms with Gasteiger partial charge in [-0.15, -0.1) is 0 Å². The van der Waals surface area contributed by atoms with Crippen molar-refractivity contribution in [3.05, 3.63) is 74.5 Å². The monoisotopic (exact) mass is 437 g/mol. The molecule has 0 saturated heterocycles. The summed E-state index contributed by atoms with van der Waals surface area (Å²) in [6, 6.07) is 10.2. The number of fused-ring (bicyclic) bond motifs is 2. The molecule has 0 fully saturated rings. The molecule has 2 amide bonds. The molecule has 2 aromatic carbocycles. The number of hydrogen-bond acceptors (Lipinski definition) is 6. The second kappa shape index (κ2) is 7.37. The van der Waals surface area contributed by atoms with Crippen molar-refractivity contribution in [1.29, 1.82) is 0 Å². The molecule has 0 atom stereocenters. The molecular weight excluding hydrogens is 414 g/mol. The topological polar surface area (TPSA) is 102 Å². The van der Waals surface area contributed by atoms with Gasteiger partial charge in [-0.2, -0.15) is 0 Å². The van der Waals surface area contributed by atoms with Gasteiger partial charge in [-0.05, 0) is 38.5 Å². The first-order valence-corrected chi connectivity index (χ1v) is 10.0. The fourth-order valence-corrected chi connectivity index (χ4v) is 4.47. The van der Waals surface area contributed by atoms with Gasteiger partial charge in [-0.3, -0.25) is 19.8 Å². The smallest absolute Gasteiger partial charge is 0.413 e. The van der Waals surface area contributed by atoms with Crippen LogP contribution < -0.4 is 4.74 Å². The van der Waals surface area contributed by atoms with Crippen molar-refractivity contribution in [2.24, 2.45) is 0 Å². The minimum absolute atomic E-state index is 0.103. The highest BCUT2D eigenvalue weighted by Gasteiger charge is 2.45. The van der Waals surface area contributed by atoms with Gasteiger partial charge in [0.05, 0.1) is 35.5 Å². The predicted octanol–water partition coefficient (Wildman–Crippen LogP) is 4.10. The zero-order chi connectivity index (χ0) is 23.4. The Balaban J connectivity index is 2.05. The van der Waals surface area contributed by atoms with E-state index in [4.69, 9.17) is 9.47 Å². The van der Waals surface area contributed by atoms with Gasteiger partial charge in [0.1, 0.15) is 11.4 Å². The summed E-state index contributed by atoms with van der Waals surface area (Å²) in [5.74, 6) is 0.153. The third-order valence-electron chi connectivity index (χ3n) is 5.87. The number of likely N-dealkylation sites (N-methyl/N-ethyl adjacent to an activating group) is 1. The Hall–Kier alpha value is -3.88. The van der Waals surface area contributed by atoms with Crippen LogP contribution in [0.4, 0.5) is 10.5 Å². The van der Waals surface area contributed by atoms with Crippen LogP contribution in [0.25, 0.3) is 5.70 Å². The summed E-state index contributed by atoms with van der Waals surface area (Å²) in [4.78, 5) is 40.0. The van der Waals surface area contributed by atoms with E-state index in [1.807, 2.05) is 12.1 Å². The molecule has 2 aromatic rings. The lowest BCUT2D eigenvalue weighted by Gasteiger charge is -2.42. The van der Waals surface area contributed by atoms with E-state index in [0.29, 0.717) is 33.8 Å². The van der Waals surface area contributed by atoms with Crippen LogP contribution in [0.2, 0.25) is 0 Å². The molecule has 2 aliphatic heterocycles. The Kier molecular flexibility index (Phi) is 4.92. The molecule has 0 unspecified atom stereocenters. The Labute approximate surface area is 185 Å². The maximum absolute atomic E-state index is 13.4. The van der Waals surface area contributed by atoms with Crippen molar-refractivity contribution in [3.8, 4) is 5.75 Å². The fourth-order valence-electron chi connectivity index (χ4n) is 4.47. The van der Waals surface area contributed by atoms with E-state index >= 15 is 0 Å². The van der Waals surface area contributed by atoms with Gasteiger partial charge in [0, 0.05) is 24.2 Å². The van der Waals surface area contributed by atoms with Crippen molar-refractivity contribution in [2.45, 2.75) is 32.9 Å². The van der Waals surface area contributed by atoms with Gasteiger partial charge < -0.3 is 14.4 Å². The molecule has 32 heavy (non-hydrogen) atoms. The summed E-state index contributed by atoms with van der Waals surface area (Å²) in [5.41, 5.74) is 1.76. The van der Waals surface area contributed by atoms with Crippen molar-refractivity contribution in [1.82, 2.24) is 9.80 Å². The number of benzene rings is 2. The van der Waals surface area contributed by atoms with E-state index in [0.717, 1.165) is 5.56 Å². The quantitative estimate of drug-likeness (QED) is 0.529. The van der Waals surface area contributed by atoms with Crippen molar-refractivity contribution in [2.75, 3.05) is 14.2 Å². The first-order valence-electron chi connectivity index (χ1n) is 10.0. The Morgan fingerprint density at radius 2 is 1.94 bits per heavy atom. The molecule has 166 valence electrons. The van der Waals surface area contributed by atoms with Gasteiger partial charge in [0.25, 0.3) is 11.6 Å². The van der Waals surface area contributed by atoms with Gasteiger partial charge >= 0.3 is 6.09 Å². The molecule has 9 nitrogen and oxygen atoms in total. The Bertz CT molecular complexity index is 1200. The van der Waals surface area contributed by atoms with Crippen molar-refractivity contribution >= 4 is 23.4 Å². The van der Waals surface area contributed by atoms with Crippen molar-refractivity contribution in [3.63, 3.8) is 0 Å². The number of nitro groups is 1. The highest BCUT2D eigenvalue weighted by Crippen LogP contribution is 2.48. The maximum atomic E-state index is 13.4. The van der Waals surface area contributed by atoms with E-state index in [1.54, 1.807) is 37.8 Å². The maximum Gasteiger partial charge on any atom is 0.413 e. The number of rotatable bonds is 3. The zero-order valence-electron chi connectivity index (χ0n) is 18.5. The van der Waals surface area contributed by atoms with Crippen LogP contribution in [0.3, 0.4) is 0 Å². The number of carbonyl (C=O) groups is 2. The lowest BCUT2D eigenvalue weighted by Crippen LogP contribution is -2.46. The van der Waals surface area contributed by atoms with Crippen molar-refractivity contribution < 1.29 is 24.0 Å². The zero-order valence-corrected chi connectivity index (χ0v) is 18.5. The SMILES string of the molecule is COC(=O)N(C)C1=C(N2Cc3ccccc3C2=O)c2c(ccc([N+](=O)[O-])c2C)OC1(C)C. The van der Waals surface area contributed by atoms with Crippen LogP contribution in [-0.4, -0.2) is 46.5 Å². The first kappa shape index (κ1) is 21.4. The van der Waals surface area contributed by atoms with Crippen LogP contribution in [0.1, 0.15) is 40.9 Å². The number of ether oxygens (including phenoxy) is 2. The first-order chi connectivity index (χ1) is 15.1. The van der Waals surface area contributed by atoms with Crippen LogP contribution in [0.5, 0.6) is 5.75 Å². The minimum atomic E-state index is -1.04.